The molecular formula is C23H21F4N7O. The van der Waals surface area contributed by atoms with Crippen molar-refractivity contribution in [2.24, 2.45) is 0 Å². The molecule has 0 radical (unpaired) electrons. The second-order valence-electron chi connectivity index (χ2n) is 8.20. The Morgan fingerprint density at radius 2 is 2.06 bits per heavy atom. The number of aromatic nitrogens is 2. The Hall–Kier alpha value is -4.14. The van der Waals surface area contributed by atoms with Crippen molar-refractivity contribution in [3.63, 3.8) is 0 Å². The summed E-state index contributed by atoms with van der Waals surface area (Å²) in [5.74, 6) is -0.212. The first-order valence-corrected chi connectivity index (χ1v) is 10.7. The highest BCUT2D eigenvalue weighted by molar-refractivity contribution is 6.12. The Morgan fingerprint density at radius 3 is 2.60 bits per heavy atom. The van der Waals surface area contributed by atoms with E-state index in [2.05, 4.69) is 20.6 Å². The minimum absolute atomic E-state index is 0.0419. The van der Waals surface area contributed by atoms with Crippen LogP contribution in [0.1, 0.15) is 30.5 Å². The number of nitrogens with zero attached hydrogens (tertiary/aromatic N) is 3. The number of hydrogen-bond donors (Lipinski definition) is 4. The van der Waals surface area contributed by atoms with Gasteiger partial charge in [0.1, 0.15) is 35.0 Å². The molecule has 12 heteroatoms. The van der Waals surface area contributed by atoms with Crippen LogP contribution in [0.15, 0.2) is 53.0 Å². The summed E-state index contributed by atoms with van der Waals surface area (Å²) in [7, 11) is 0. The van der Waals surface area contributed by atoms with Gasteiger partial charge in [-0.2, -0.15) is 23.4 Å². The highest BCUT2D eigenvalue weighted by Crippen LogP contribution is 2.36. The fourth-order valence-electron chi connectivity index (χ4n) is 3.92. The first-order valence-electron chi connectivity index (χ1n) is 10.7. The van der Waals surface area contributed by atoms with E-state index in [0.717, 1.165) is 18.1 Å². The SMILES string of the molecule is CC(Nc1nc(N2CCC2c2ccc(F)cc2)[nH]c(=O)c1C(=N)C#N)C1=CNC(C(F)(F)F)C=C1. The van der Waals surface area contributed by atoms with E-state index in [1.807, 2.05) is 0 Å². The van der Waals surface area contributed by atoms with Crippen molar-refractivity contribution in [3.05, 3.63) is 75.5 Å². The van der Waals surface area contributed by atoms with Crippen LogP contribution in [0.2, 0.25) is 0 Å². The zero-order valence-corrected chi connectivity index (χ0v) is 18.4. The summed E-state index contributed by atoms with van der Waals surface area (Å²) in [4.78, 5) is 21.7. The molecule has 35 heavy (non-hydrogen) atoms. The normalized spacial score (nSPS) is 20.2. The van der Waals surface area contributed by atoms with Gasteiger partial charge in [0, 0.05) is 12.7 Å². The van der Waals surface area contributed by atoms with Crippen LogP contribution in [0.5, 0.6) is 0 Å². The number of aromatic amines is 1. The molecule has 0 amide bonds. The average Bonchev–Trinajstić information content (AvgIpc) is 2.78. The van der Waals surface area contributed by atoms with Gasteiger partial charge in [0.25, 0.3) is 5.56 Å². The molecule has 2 aliphatic rings. The van der Waals surface area contributed by atoms with Crippen LogP contribution in [0.3, 0.4) is 0 Å². The van der Waals surface area contributed by atoms with E-state index in [4.69, 9.17) is 5.41 Å². The molecule has 182 valence electrons. The van der Waals surface area contributed by atoms with E-state index in [9.17, 15) is 27.6 Å². The Labute approximate surface area is 197 Å². The molecule has 8 nitrogen and oxygen atoms in total. The van der Waals surface area contributed by atoms with Gasteiger partial charge in [-0.3, -0.25) is 15.2 Å². The van der Waals surface area contributed by atoms with Gasteiger partial charge in [0.15, 0.2) is 0 Å². The average molecular weight is 487 g/mol. The van der Waals surface area contributed by atoms with Gasteiger partial charge >= 0.3 is 6.18 Å². The van der Waals surface area contributed by atoms with Crippen molar-refractivity contribution in [2.75, 3.05) is 16.8 Å². The Morgan fingerprint density at radius 1 is 1.34 bits per heavy atom. The third-order valence-corrected chi connectivity index (χ3v) is 5.93. The summed E-state index contributed by atoms with van der Waals surface area (Å²) in [5.41, 5.74) is -0.299. The number of rotatable bonds is 6. The van der Waals surface area contributed by atoms with E-state index >= 15 is 0 Å². The molecular weight excluding hydrogens is 466 g/mol. The third-order valence-electron chi connectivity index (χ3n) is 5.93. The molecule has 0 saturated carbocycles. The summed E-state index contributed by atoms with van der Waals surface area (Å²) in [6, 6.07) is 5.04. The van der Waals surface area contributed by atoms with Gasteiger partial charge in [-0.25, -0.2) is 4.39 Å². The smallest absolute Gasteiger partial charge is 0.377 e. The fraction of sp³-hybridized carbons (Fsp3) is 0.304. The van der Waals surface area contributed by atoms with Crippen LogP contribution >= 0.6 is 0 Å². The Balaban J connectivity index is 1.62. The van der Waals surface area contributed by atoms with Crippen LogP contribution in [0.25, 0.3) is 0 Å². The van der Waals surface area contributed by atoms with Gasteiger partial charge < -0.3 is 15.5 Å². The number of nitriles is 1. The predicted octanol–water partition coefficient (Wildman–Crippen LogP) is 3.53. The van der Waals surface area contributed by atoms with E-state index in [-0.39, 0.29) is 29.2 Å². The molecule has 0 bridgehead atoms. The topological polar surface area (TPSA) is 121 Å². The monoisotopic (exact) mass is 487 g/mol. The van der Waals surface area contributed by atoms with Crippen molar-refractivity contribution in [3.8, 4) is 6.07 Å². The van der Waals surface area contributed by atoms with Crippen LogP contribution in [-0.4, -0.2) is 40.5 Å². The largest absolute Gasteiger partial charge is 0.412 e. The van der Waals surface area contributed by atoms with Crippen molar-refractivity contribution in [1.82, 2.24) is 15.3 Å². The van der Waals surface area contributed by atoms with Crippen molar-refractivity contribution in [2.45, 2.75) is 37.6 Å². The Kier molecular flexibility index (Phi) is 6.34. The number of H-pyrrole nitrogens is 1. The second kappa shape index (κ2) is 9.25. The van der Waals surface area contributed by atoms with Gasteiger partial charge in [0.2, 0.25) is 5.95 Å². The van der Waals surface area contributed by atoms with E-state index in [0.29, 0.717) is 12.1 Å². The number of anilines is 2. The van der Waals surface area contributed by atoms with Crippen LogP contribution in [-0.2, 0) is 0 Å². The minimum Gasteiger partial charge on any atom is -0.377 e. The molecule has 4 rings (SSSR count). The lowest BCUT2D eigenvalue weighted by molar-refractivity contribution is -0.142. The summed E-state index contributed by atoms with van der Waals surface area (Å²) in [6.07, 6.45) is -0.176. The second-order valence-corrected chi connectivity index (χ2v) is 8.20. The number of dihydropyridines is 1. The lowest BCUT2D eigenvalue weighted by Gasteiger charge is -2.41. The van der Waals surface area contributed by atoms with Gasteiger partial charge in [-0.1, -0.05) is 24.3 Å². The molecule has 3 atom stereocenters. The highest BCUT2D eigenvalue weighted by Gasteiger charge is 2.38. The molecule has 1 aromatic carbocycles. The molecule has 1 saturated heterocycles. The van der Waals surface area contributed by atoms with Gasteiger partial charge in [-0.05, 0) is 36.6 Å². The predicted molar refractivity (Wildman–Crippen MR) is 122 cm³/mol. The number of halogens is 4. The summed E-state index contributed by atoms with van der Waals surface area (Å²) < 4.78 is 52.0. The van der Waals surface area contributed by atoms with E-state index < -0.39 is 29.5 Å². The lowest BCUT2D eigenvalue weighted by atomic mass is 9.95. The molecule has 3 heterocycles. The van der Waals surface area contributed by atoms with Crippen LogP contribution < -0.4 is 21.1 Å². The summed E-state index contributed by atoms with van der Waals surface area (Å²) in [5, 5.41) is 22.3. The standard InChI is InChI=1S/C23H21F4N7O/c1-12(14-4-7-18(30-11-14)23(25,26)27)31-20-19(16(29)10-28)21(35)33-22(32-20)34-9-8-17(34)13-2-5-15(24)6-3-13/h2-7,11-12,17-18,29-30H,8-9H2,1H3,(H2,31,32,33,35). The van der Waals surface area contributed by atoms with Gasteiger partial charge in [-0.15, -0.1) is 0 Å². The number of benzene rings is 1. The first-order chi connectivity index (χ1) is 16.6. The zero-order chi connectivity index (χ0) is 25.3. The third kappa shape index (κ3) is 4.89. The molecule has 4 N–H and O–H groups in total. The number of hydrogen-bond acceptors (Lipinski definition) is 7. The first kappa shape index (κ1) is 24.0. The lowest BCUT2D eigenvalue weighted by Crippen LogP contribution is -2.43. The minimum atomic E-state index is -4.44. The van der Waals surface area contributed by atoms with E-state index in [1.54, 1.807) is 30.0 Å². The fourth-order valence-corrected chi connectivity index (χ4v) is 3.92. The molecule has 2 aliphatic heterocycles. The molecule has 0 aliphatic carbocycles. The maximum absolute atomic E-state index is 13.3. The maximum atomic E-state index is 13.3. The molecule has 1 aromatic heterocycles. The van der Waals surface area contributed by atoms with E-state index in [1.165, 1.54) is 24.4 Å². The Bertz CT molecular complexity index is 1290. The summed E-state index contributed by atoms with van der Waals surface area (Å²) in [6.45, 7) is 2.21. The molecule has 2 aromatic rings. The number of nitrogens with one attached hydrogen (secondary N) is 4. The molecule has 3 unspecified atom stereocenters. The number of alkyl halides is 3. The maximum Gasteiger partial charge on any atom is 0.412 e. The van der Waals surface area contributed by atoms with Crippen LogP contribution in [0.4, 0.5) is 29.3 Å². The van der Waals surface area contributed by atoms with Crippen LogP contribution in [0, 0.1) is 22.6 Å². The van der Waals surface area contributed by atoms with Gasteiger partial charge in [0.05, 0.1) is 12.1 Å². The summed E-state index contributed by atoms with van der Waals surface area (Å²) >= 11 is 0. The highest BCUT2D eigenvalue weighted by atomic mass is 19.4. The quantitative estimate of drug-likeness (QED) is 0.366. The molecule has 1 fully saturated rings. The van der Waals surface area contributed by atoms with Crippen molar-refractivity contribution in [1.29, 1.82) is 10.7 Å². The zero-order valence-electron chi connectivity index (χ0n) is 18.4. The molecule has 0 spiro atoms. The van der Waals surface area contributed by atoms with Crippen molar-refractivity contribution >= 4 is 17.5 Å². The van der Waals surface area contributed by atoms with Crippen molar-refractivity contribution < 1.29 is 17.6 Å².